The largest absolute Gasteiger partial charge is 0.487 e. The van der Waals surface area contributed by atoms with Crippen LogP contribution in [0.25, 0.3) is 10.8 Å². The van der Waals surface area contributed by atoms with Crippen molar-refractivity contribution in [2.24, 2.45) is 0 Å². The van der Waals surface area contributed by atoms with Gasteiger partial charge in [0.25, 0.3) is 0 Å². The van der Waals surface area contributed by atoms with Gasteiger partial charge in [0.2, 0.25) is 0 Å². The molecule has 21 heavy (non-hydrogen) atoms. The second-order valence-electron chi connectivity index (χ2n) is 5.39. The van der Waals surface area contributed by atoms with E-state index in [1.807, 2.05) is 43.3 Å². The van der Waals surface area contributed by atoms with E-state index in [1.165, 1.54) is 0 Å². The molecule has 0 spiro atoms. The first-order valence-corrected chi connectivity index (χ1v) is 7.72. The highest BCUT2D eigenvalue weighted by molar-refractivity contribution is 6.35. The summed E-state index contributed by atoms with van der Waals surface area (Å²) in [6.07, 6.45) is 0.765. The summed E-state index contributed by atoms with van der Waals surface area (Å²) >= 11 is 6.21. The number of aliphatic hydroxyl groups is 1. The van der Waals surface area contributed by atoms with Crippen LogP contribution in [-0.2, 0) is 4.74 Å². The predicted molar refractivity (Wildman–Crippen MR) is 84.0 cm³/mol. The molecule has 1 saturated carbocycles. The van der Waals surface area contributed by atoms with E-state index >= 15 is 0 Å². The summed E-state index contributed by atoms with van der Waals surface area (Å²) < 4.78 is 11.7. The first-order chi connectivity index (χ1) is 10.2. The summed E-state index contributed by atoms with van der Waals surface area (Å²) in [5.74, 6) is 0.789. The fraction of sp³-hybridized carbons (Fsp3) is 0.412. The number of ether oxygens (including phenoxy) is 2. The first kappa shape index (κ1) is 14.6. The molecule has 3 atom stereocenters. The number of rotatable bonds is 5. The van der Waals surface area contributed by atoms with Gasteiger partial charge in [-0.05, 0) is 18.6 Å². The molecular formula is C17H19ClO3. The third-order valence-electron chi connectivity index (χ3n) is 3.84. The second-order valence-corrected chi connectivity index (χ2v) is 5.79. The van der Waals surface area contributed by atoms with E-state index in [4.69, 9.17) is 21.1 Å². The minimum atomic E-state index is -0.430. The Balaban J connectivity index is 1.81. The van der Waals surface area contributed by atoms with E-state index in [0.717, 1.165) is 22.9 Å². The normalized spacial score (nSPS) is 24.8. The van der Waals surface area contributed by atoms with Crippen LogP contribution in [0, 0.1) is 0 Å². The molecule has 2 aromatic rings. The average Bonchev–Trinajstić information content (AvgIpc) is 2.50. The summed E-state index contributed by atoms with van der Waals surface area (Å²) in [6.45, 7) is 2.69. The molecule has 1 N–H and O–H groups in total. The van der Waals surface area contributed by atoms with Gasteiger partial charge >= 0.3 is 0 Å². The molecular weight excluding hydrogens is 288 g/mol. The van der Waals surface area contributed by atoms with E-state index in [-0.39, 0.29) is 12.2 Å². The summed E-state index contributed by atoms with van der Waals surface area (Å²) in [5.41, 5.74) is 0. The summed E-state index contributed by atoms with van der Waals surface area (Å²) in [5, 5.41) is 12.5. The summed E-state index contributed by atoms with van der Waals surface area (Å²) in [4.78, 5) is 0. The van der Waals surface area contributed by atoms with Crippen molar-refractivity contribution in [3.05, 3.63) is 41.4 Å². The molecule has 0 aromatic heterocycles. The van der Waals surface area contributed by atoms with Crippen molar-refractivity contribution in [3.8, 4) is 5.75 Å². The Morgan fingerprint density at radius 1 is 1.19 bits per heavy atom. The molecule has 2 aromatic carbocycles. The molecule has 0 amide bonds. The molecule has 0 heterocycles. The van der Waals surface area contributed by atoms with Crippen LogP contribution in [-0.4, -0.2) is 30.0 Å². The van der Waals surface area contributed by atoms with Crippen LogP contribution in [0.4, 0.5) is 0 Å². The molecule has 4 heteroatoms. The maximum Gasteiger partial charge on any atom is 0.130 e. The topological polar surface area (TPSA) is 38.7 Å². The maximum absolute atomic E-state index is 9.81. The van der Waals surface area contributed by atoms with Gasteiger partial charge in [-0.2, -0.15) is 0 Å². The molecule has 3 unspecified atom stereocenters. The van der Waals surface area contributed by atoms with Crippen molar-refractivity contribution >= 4 is 22.4 Å². The zero-order valence-corrected chi connectivity index (χ0v) is 12.7. The lowest BCUT2D eigenvalue weighted by molar-refractivity contribution is -0.162. The fourth-order valence-corrected chi connectivity index (χ4v) is 2.87. The van der Waals surface area contributed by atoms with Crippen molar-refractivity contribution in [2.45, 2.75) is 38.1 Å². The second kappa shape index (κ2) is 6.22. The summed E-state index contributed by atoms with van der Waals surface area (Å²) in [6, 6.07) is 11.6. The Labute approximate surface area is 129 Å². The number of benzene rings is 2. The van der Waals surface area contributed by atoms with Gasteiger partial charge in [0, 0.05) is 28.8 Å². The SMILES string of the molecule is CCCOC1C(O)CC1Oc1ccc(Cl)c2ccccc12. The Morgan fingerprint density at radius 2 is 1.95 bits per heavy atom. The smallest absolute Gasteiger partial charge is 0.130 e. The first-order valence-electron chi connectivity index (χ1n) is 7.34. The van der Waals surface area contributed by atoms with E-state index in [1.54, 1.807) is 0 Å². The Hall–Kier alpha value is -1.29. The molecule has 3 rings (SSSR count). The monoisotopic (exact) mass is 306 g/mol. The van der Waals surface area contributed by atoms with Crippen LogP contribution in [0.1, 0.15) is 19.8 Å². The number of hydrogen-bond donors (Lipinski definition) is 1. The zero-order chi connectivity index (χ0) is 14.8. The third-order valence-corrected chi connectivity index (χ3v) is 4.17. The molecule has 0 bridgehead atoms. The van der Waals surface area contributed by atoms with E-state index in [2.05, 4.69) is 0 Å². The molecule has 0 radical (unpaired) electrons. The van der Waals surface area contributed by atoms with Crippen LogP contribution >= 0.6 is 11.6 Å². The van der Waals surface area contributed by atoms with Crippen molar-refractivity contribution in [1.29, 1.82) is 0 Å². The lowest BCUT2D eigenvalue weighted by atomic mass is 9.88. The highest BCUT2D eigenvalue weighted by Crippen LogP contribution is 2.35. The Bertz CT molecular complexity index is 628. The van der Waals surface area contributed by atoms with Gasteiger partial charge in [-0.15, -0.1) is 0 Å². The fourth-order valence-electron chi connectivity index (χ4n) is 2.65. The highest BCUT2D eigenvalue weighted by Gasteiger charge is 2.43. The van der Waals surface area contributed by atoms with Gasteiger partial charge in [-0.3, -0.25) is 0 Å². The van der Waals surface area contributed by atoms with Gasteiger partial charge < -0.3 is 14.6 Å². The van der Waals surface area contributed by atoms with Crippen molar-refractivity contribution in [3.63, 3.8) is 0 Å². The van der Waals surface area contributed by atoms with Crippen LogP contribution in [0.5, 0.6) is 5.75 Å². The predicted octanol–water partition coefficient (Wildman–Crippen LogP) is 3.80. The van der Waals surface area contributed by atoms with Gasteiger partial charge in [0.05, 0.1) is 6.10 Å². The van der Waals surface area contributed by atoms with Gasteiger partial charge in [-0.1, -0.05) is 42.8 Å². The van der Waals surface area contributed by atoms with Crippen molar-refractivity contribution in [2.75, 3.05) is 6.61 Å². The number of aliphatic hydroxyl groups excluding tert-OH is 1. The van der Waals surface area contributed by atoms with Crippen molar-refractivity contribution < 1.29 is 14.6 Å². The average molecular weight is 307 g/mol. The lowest BCUT2D eigenvalue weighted by Gasteiger charge is -2.41. The minimum absolute atomic E-state index is 0.101. The van der Waals surface area contributed by atoms with Gasteiger partial charge in [0.1, 0.15) is 18.0 Å². The molecule has 1 aliphatic rings. The molecule has 3 nitrogen and oxygen atoms in total. The standard InChI is InChI=1S/C17H19ClO3/c1-2-9-20-17-14(19)10-16(17)21-15-8-7-13(18)11-5-3-4-6-12(11)15/h3-8,14,16-17,19H,2,9-10H2,1H3. The highest BCUT2D eigenvalue weighted by atomic mass is 35.5. The Morgan fingerprint density at radius 3 is 2.67 bits per heavy atom. The van der Waals surface area contributed by atoms with E-state index in [0.29, 0.717) is 18.1 Å². The molecule has 1 aliphatic carbocycles. The number of halogens is 1. The quantitative estimate of drug-likeness (QED) is 0.913. The maximum atomic E-state index is 9.81. The Kier molecular flexibility index (Phi) is 4.34. The molecule has 0 saturated heterocycles. The molecule has 0 aliphatic heterocycles. The van der Waals surface area contributed by atoms with E-state index in [9.17, 15) is 5.11 Å². The zero-order valence-electron chi connectivity index (χ0n) is 12.0. The van der Waals surface area contributed by atoms with E-state index < -0.39 is 6.10 Å². The van der Waals surface area contributed by atoms with Crippen LogP contribution in [0.2, 0.25) is 5.02 Å². The van der Waals surface area contributed by atoms with Crippen LogP contribution < -0.4 is 4.74 Å². The van der Waals surface area contributed by atoms with Crippen LogP contribution in [0.3, 0.4) is 0 Å². The van der Waals surface area contributed by atoms with Crippen molar-refractivity contribution in [1.82, 2.24) is 0 Å². The minimum Gasteiger partial charge on any atom is -0.487 e. The van der Waals surface area contributed by atoms with Gasteiger partial charge in [0.15, 0.2) is 0 Å². The third kappa shape index (κ3) is 2.86. The van der Waals surface area contributed by atoms with Crippen LogP contribution in [0.15, 0.2) is 36.4 Å². The number of hydrogen-bond acceptors (Lipinski definition) is 3. The molecule has 1 fully saturated rings. The lowest BCUT2D eigenvalue weighted by Crippen LogP contribution is -2.55. The van der Waals surface area contributed by atoms with Gasteiger partial charge in [-0.25, -0.2) is 0 Å². The summed E-state index contributed by atoms with van der Waals surface area (Å²) in [7, 11) is 0. The number of fused-ring (bicyclic) bond motifs is 1. The molecule has 112 valence electrons.